The number of amides is 1. The van der Waals surface area contributed by atoms with Crippen molar-refractivity contribution in [1.29, 1.82) is 0 Å². The van der Waals surface area contributed by atoms with E-state index in [1.165, 1.54) is 18.4 Å². The second-order valence-electron chi connectivity index (χ2n) is 6.04. The third-order valence-corrected chi connectivity index (χ3v) is 4.01. The predicted molar refractivity (Wildman–Crippen MR) is 98.2 cm³/mol. The maximum Gasteiger partial charge on any atom is 0.344 e. The molecule has 0 spiro atoms. The minimum absolute atomic E-state index is 0.274. The molecule has 142 valence electrons. The van der Waals surface area contributed by atoms with Crippen molar-refractivity contribution in [1.82, 2.24) is 5.32 Å². The van der Waals surface area contributed by atoms with E-state index >= 15 is 0 Å². The standard InChI is InChI=1S/C20H27NO5/c1-2-24-17-10-6-7-11-18(17)25-15-20(23)26-14-19(22)21-13-12-16-8-4-3-5-9-16/h6-8,10-11H,2-5,9,12-15H2,1H3,(H,21,22). The van der Waals surface area contributed by atoms with E-state index in [-0.39, 0.29) is 19.1 Å². The lowest BCUT2D eigenvalue weighted by Gasteiger charge is -2.13. The average molecular weight is 361 g/mol. The lowest BCUT2D eigenvalue weighted by atomic mass is 9.97. The Balaban J connectivity index is 1.62. The third-order valence-electron chi connectivity index (χ3n) is 4.01. The van der Waals surface area contributed by atoms with Crippen molar-refractivity contribution in [3.63, 3.8) is 0 Å². The largest absolute Gasteiger partial charge is 0.490 e. The Hall–Kier alpha value is -2.50. The molecule has 2 rings (SSSR count). The van der Waals surface area contributed by atoms with Crippen LogP contribution in [0, 0.1) is 0 Å². The minimum atomic E-state index is -0.596. The summed E-state index contributed by atoms with van der Waals surface area (Å²) >= 11 is 0. The van der Waals surface area contributed by atoms with Crippen LogP contribution in [0.1, 0.15) is 39.0 Å². The van der Waals surface area contributed by atoms with E-state index in [2.05, 4.69) is 11.4 Å². The molecule has 0 saturated carbocycles. The average Bonchev–Trinajstić information content (AvgIpc) is 2.67. The number of carbonyl (C=O) groups is 2. The molecule has 0 atom stereocenters. The zero-order chi connectivity index (χ0) is 18.6. The number of esters is 1. The smallest absolute Gasteiger partial charge is 0.344 e. The summed E-state index contributed by atoms with van der Waals surface area (Å²) in [5.41, 5.74) is 1.40. The number of benzene rings is 1. The molecule has 1 N–H and O–H groups in total. The Morgan fingerprint density at radius 1 is 1.08 bits per heavy atom. The molecule has 6 nitrogen and oxygen atoms in total. The maximum absolute atomic E-state index is 11.7. The Morgan fingerprint density at radius 3 is 2.54 bits per heavy atom. The molecular weight excluding hydrogens is 334 g/mol. The van der Waals surface area contributed by atoms with E-state index in [1.807, 2.05) is 13.0 Å². The molecule has 1 aromatic rings. The summed E-state index contributed by atoms with van der Waals surface area (Å²) in [6.45, 7) is 2.37. The van der Waals surface area contributed by atoms with Crippen molar-refractivity contribution in [3.8, 4) is 11.5 Å². The molecule has 6 heteroatoms. The highest BCUT2D eigenvalue weighted by Gasteiger charge is 2.11. The Labute approximate surface area is 154 Å². The zero-order valence-electron chi connectivity index (χ0n) is 15.3. The maximum atomic E-state index is 11.7. The van der Waals surface area contributed by atoms with Gasteiger partial charge in [-0.05, 0) is 51.2 Å². The van der Waals surface area contributed by atoms with Gasteiger partial charge in [-0.1, -0.05) is 23.8 Å². The Morgan fingerprint density at radius 2 is 1.85 bits per heavy atom. The highest BCUT2D eigenvalue weighted by atomic mass is 16.6. The van der Waals surface area contributed by atoms with Crippen LogP contribution in [0.2, 0.25) is 0 Å². The molecule has 0 bridgehead atoms. The Bertz CT molecular complexity index is 626. The van der Waals surface area contributed by atoms with Gasteiger partial charge in [0.05, 0.1) is 6.61 Å². The number of ether oxygens (including phenoxy) is 3. The molecule has 1 aliphatic rings. The van der Waals surface area contributed by atoms with Crippen molar-refractivity contribution in [3.05, 3.63) is 35.9 Å². The first-order valence-electron chi connectivity index (χ1n) is 9.14. The number of rotatable bonds is 10. The van der Waals surface area contributed by atoms with Gasteiger partial charge in [-0.3, -0.25) is 4.79 Å². The van der Waals surface area contributed by atoms with Crippen molar-refractivity contribution in [2.75, 3.05) is 26.4 Å². The third kappa shape index (κ3) is 7.17. The topological polar surface area (TPSA) is 73.9 Å². The summed E-state index contributed by atoms with van der Waals surface area (Å²) in [4.78, 5) is 23.5. The van der Waals surface area contributed by atoms with Gasteiger partial charge in [0.25, 0.3) is 5.91 Å². The summed E-state index contributed by atoms with van der Waals surface area (Å²) in [7, 11) is 0. The van der Waals surface area contributed by atoms with E-state index in [4.69, 9.17) is 14.2 Å². The van der Waals surface area contributed by atoms with Crippen molar-refractivity contribution < 1.29 is 23.8 Å². The van der Waals surface area contributed by atoms with Gasteiger partial charge in [-0.2, -0.15) is 0 Å². The molecule has 1 aromatic carbocycles. The fourth-order valence-corrected chi connectivity index (χ4v) is 2.71. The fraction of sp³-hybridized carbons (Fsp3) is 0.500. The summed E-state index contributed by atoms with van der Waals surface area (Å²) in [5.74, 6) is 0.139. The molecule has 0 heterocycles. The number of allylic oxidation sites excluding steroid dienone is 1. The molecule has 1 amide bonds. The first-order valence-corrected chi connectivity index (χ1v) is 9.14. The van der Waals surface area contributed by atoms with Gasteiger partial charge in [0.1, 0.15) is 0 Å². The van der Waals surface area contributed by atoms with Crippen molar-refractivity contribution >= 4 is 11.9 Å². The predicted octanol–water partition coefficient (Wildman–Crippen LogP) is 3.01. The van der Waals surface area contributed by atoms with Gasteiger partial charge in [0, 0.05) is 6.54 Å². The van der Waals surface area contributed by atoms with Gasteiger partial charge >= 0.3 is 5.97 Å². The summed E-state index contributed by atoms with van der Waals surface area (Å²) in [6, 6.07) is 7.09. The van der Waals surface area contributed by atoms with Crippen LogP contribution in [0.3, 0.4) is 0 Å². The highest BCUT2D eigenvalue weighted by Crippen LogP contribution is 2.26. The molecule has 0 radical (unpaired) electrons. The van der Waals surface area contributed by atoms with E-state index < -0.39 is 5.97 Å². The first kappa shape index (κ1) is 19.8. The molecular formula is C20H27NO5. The normalized spacial score (nSPS) is 13.5. The van der Waals surface area contributed by atoms with Crippen molar-refractivity contribution in [2.24, 2.45) is 0 Å². The minimum Gasteiger partial charge on any atom is -0.490 e. The second kappa shape index (κ2) is 11.2. The monoisotopic (exact) mass is 361 g/mol. The van der Waals surface area contributed by atoms with Crippen LogP contribution in [0.25, 0.3) is 0 Å². The molecule has 0 saturated heterocycles. The molecule has 0 aliphatic heterocycles. The van der Waals surface area contributed by atoms with Gasteiger partial charge in [-0.15, -0.1) is 0 Å². The molecule has 0 fully saturated rings. The Kier molecular flexibility index (Phi) is 8.52. The van der Waals surface area contributed by atoms with E-state index in [0.717, 1.165) is 19.3 Å². The first-order chi connectivity index (χ1) is 12.7. The van der Waals surface area contributed by atoms with E-state index in [9.17, 15) is 9.59 Å². The zero-order valence-corrected chi connectivity index (χ0v) is 15.3. The van der Waals surface area contributed by atoms with E-state index in [0.29, 0.717) is 24.7 Å². The number of nitrogens with one attached hydrogen (secondary N) is 1. The van der Waals surface area contributed by atoms with Gasteiger partial charge in [0.2, 0.25) is 0 Å². The number of hydrogen-bond donors (Lipinski definition) is 1. The number of hydrogen-bond acceptors (Lipinski definition) is 5. The van der Waals surface area contributed by atoms with Crippen LogP contribution in [-0.2, 0) is 14.3 Å². The quantitative estimate of drug-likeness (QED) is 0.512. The van der Waals surface area contributed by atoms with Gasteiger partial charge in [0.15, 0.2) is 24.7 Å². The molecule has 0 aromatic heterocycles. The number of carbonyl (C=O) groups excluding carboxylic acids is 2. The van der Waals surface area contributed by atoms with Gasteiger partial charge < -0.3 is 19.5 Å². The fourth-order valence-electron chi connectivity index (χ4n) is 2.71. The summed E-state index contributed by atoms with van der Waals surface area (Å²) in [6.07, 6.45) is 7.84. The van der Waals surface area contributed by atoms with Gasteiger partial charge in [-0.25, -0.2) is 4.79 Å². The van der Waals surface area contributed by atoms with Crippen LogP contribution in [0.5, 0.6) is 11.5 Å². The van der Waals surface area contributed by atoms with Crippen LogP contribution in [0.15, 0.2) is 35.9 Å². The summed E-state index contributed by atoms with van der Waals surface area (Å²) < 4.78 is 15.8. The molecule has 26 heavy (non-hydrogen) atoms. The summed E-state index contributed by atoms with van der Waals surface area (Å²) in [5, 5.41) is 2.77. The lowest BCUT2D eigenvalue weighted by molar-refractivity contribution is -0.150. The second-order valence-corrected chi connectivity index (χ2v) is 6.04. The van der Waals surface area contributed by atoms with Crippen LogP contribution < -0.4 is 14.8 Å². The van der Waals surface area contributed by atoms with Crippen LogP contribution in [0.4, 0.5) is 0 Å². The van der Waals surface area contributed by atoms with Crippen molar-refractivity contribution in [2.45, 2.75) is 39.0 Å². The molecule has 1 aliphatic carbocycles. The number of para-hydroxylation sites is 2. The SMILES string of the molecule is CCOc1ccccc1OCC(=O)OCC(=O)NCCC1=CCCCC1. The van der Waals surface area contributed by atoms with Crippen LogP contribution in [-0.4, -0.2) is 38.2 Å². The van der Waals surface area contributed by atoms with E-state index in [1.54, 1.807) is 18.2 Å². The van der Waals surface area contributed by atoms with Crippen LogP contribution >= 0.6 is 0 Å². The molecule has 0 unspecified atom stereocenters. The highest BCUT2D eigenvalue weighted by molar-refractivity contribution is 5.80. The lowest BCUT2D eigenvalue weighted by Crippen LogP contribution is -2.30.